The summed E-state index contributed by atoms with van der Waals surface area (Å²) in [6, 6.07) is 0. The molecule has 0 aromatic heterocycles. The summed E-state index contributed by atoms with van der Waals surface area (Å²) in [6.45, 7) is 0.309. The fraction of sp³-hybridized carbons (Fsp3) is 1.00. The van der Waals surface area contributed by atoms with E-state index in [0.717, 1.165) is 0 Å². The van der Waals surface area contributed by atoms with Gasteiger partial charge in [-0.25, -0.2) is 13.1 Å². The fourth-order valence-corrected chi connectivity index (χ4v) is 1.32. The molecule has 1 fully saturated rings. The number of alkyl halides is 2. The van der Waals surface area contributed by atoms with Crippen LogP contribution in [0.25, 0.3) is 0 Å². The number of rotatable bonds is 1. The van der Waals surface area contributed by atoms with Crippen LogP contribution in [0, 0.1) is 0 Å². The Morgan fingerprint density at radius 3 is 2.30 bits per heavy atom. The van der Waals surface area contributed by atoms with Crippen molar-refractivity contribution in [3.63, 3.8) is 0 Å². The van der Waals surface area contributed by atoms with Gasteiger partial charge in [0.1, 0.15) is 0 Å². The average Bonchev–Trinajstić information content (AvgIpc) is 1.85. The lowest BCUT2D eigenvalue weighted by molar-refractivity contribution is -0.173. The summed E-state index contributed by atoms with van der Waals surface area (Å²) in [6.07, 6.45) is -1.17. The first-order valence-corrected chi connectivity index (χ1v) is 4.13. The highest BCUT2D eigenvalue weighted by atomic mass is 32.2. The molecule has 5 heteroatoms. The fourth-order valence-electron chi connectivity index (χ4n) is 0.790. The molecule has 0 spiro atoms. The highest BCUT2D eigenvalue weighted by Gasteiger charge is 2.26. The van der Waals surface area contributed by atoms with Crippen LogP contribution < -0.4 is 0 Å². The van der Waals surface area contributed by atoms with Gasteiger partial charge in [0.05, 0.1) is 13.1 Å². The van der Waals surface area contributed by atoms with E-state index in [4.69, 9.17) is 0 Å². The molecule has 2 unspecified atom stereocenters. The maximum Gasteiger partial charge on any atom is 0.215 e. The summed E-state index contributed by atoms with van der Waals surface area (Å²) in [5, 5.41) is 0. The van der Waals surface area contributed by atoms with Crippen LogP contribution >= 0.6 is 11.9 Å². The molecule has 1 aliphatic rings. The molecule has 0 bridgehead atoms. The third-order valence-electron chi connectivity index (χ3n) is 1.25. The van der Waals surface area contributed by atoms with Gasteiger partial charge in [0, 0.05) is 0 Å². The molecule has 0 aliphatic carbocycles. The van der Waals surface area contributed by atoms with E-state index in [2.05, 4.69) is 4.74 Å². The quantitative estimate of drug-likeness (QED) is 0.547. The smallest absolute Gasteiger partial charge is 0.215 e. The number of morpholine rings is 1. The van der Waals surface area contributed by atoms with Gasteiger partial charge in [0.25, 0.3) is 0 Å². The predicted molar refractivity (Wildman–Crippen MR) is 36.0 cm³/mol. The van der Waals surface area contributed by atoms with Crippen LogP contribution in [0.3, 0.4) is 0 Å². The van der Waals surface area contributed by atoms with Crippen molar-refractivity contribution >= 4 is 11.9 Å². The summed E-state index contributed by atoms with van der Waals surface area (Å²) >= 11 is 1.33. The van der Waals surface area contributed by atoms with E-state index < -0.39 is 12.7 Å². The Balaban J connectivity index is 2.35. The van der Waals surface area contributed by atoms with E-state index >= 15 is 0 Å². The van der Waals surface area contributed by atoms with Gasteiger partial charge in [-0.2, -0.15) is 0 Å². The molecule has 1 aliphatic heterocycles. The van der Waals surface area contributed by atoms with Crippen molar-refractivity contribution in [2.75, 3.05) is 19.3 Å². The molecular weight excluding hydrogens is 160 g/mol. The number of hydrogen-bond donors (Lipinski definition) is 0. The maximum absolute atomic E-state index is 12.4. The molecule has 0 radical (unpaired) electrons. The number of hydrogen-bond acceptors (Lipinski definition) is 3. The van der Waals surface area contributed by atoms with E-state index in [1.54, 1.807) is 10.6 Å². The summed E-state index contributed by atoms with van der Waals surface area (Å²) in [7, 11) is 0. The summed E-state index contributed by atoms with van der Waals surface area (Å²) in [5.41, 5.74) is 0. The first-order valence-electron chi connectivity index (χ1n) is 2.95. The van der Waals surface area contributed by atoms with Gasteiger partial charge in [-0.05, 0) is 6.26 Å². The van der Waals surface area contributed by atoms with Crippen molar-refractivity contribution < 1.29 is 13.5 Å². The molecule has 0 aromatic rings. The minimum atomic E-state index is -1.48. The Hall–Kier alpha value is 0.130. The molecule has 60 valence electrons. The molecule has 0 amide bonds. The van der Waals surface area contributed by atoms with Crippen molar-refractivity contribution in [3.05, 3.63) is 0 Å². The summed E-state index contributed by atoms with van der Waals surface area (Å²) < 4.78 is 30.5. The molecule has 2 atom stereocenters. The monoisotopic (exact) mass is 169 g/mol. The van der Waals surface area contributed by atoms with Gasteiger partial charge in [-0.3, -0.25) is 0 Å². The molecule has 1 heterocycles. The minimum absolute atomic E-state index is 0.154. The van der Waals surface area contributed by atoms with Crippen molar-refractivity contribution in [2.24, 2.45) is 0 Å². The lowest BCUT2D eigenvalue weighted by Crippen LogP contribution is -2.40. The van der Waals surface area contributed by atoms with Gasteiger partial charge < -0.3 is 4.74 Å². The molecule has 0 saturated carbocycles. The molecule has 0 aromatic carbocycles. The highest BCUT2D eigenvalue weighted by Crippen LogP contribution is 2.17. The number of nitrogens with zero attached hydrogens (tertiary/aromatic N) is 1. The van der Waals surface area contributed by atoms with Crippen LogP contribution in [0.15, 0.2) is 0 Å². The Labute approximate surface area is 62.7 Å². The molecule has 10 heavy (non-hydrogen) atoms. The SMILES string of the molecule is CSN1CC(F)OC(F)C1. The highest BCUT2D eigenvalue weighted by molar-refractivity contribution is 7.96. The van der Waals surface area contributed by atoms with Crippen molar-refractivity contribution in [3.8, 4) is 0 Å². The van der Waals surface area contributed by atoms with Crippen LogP contribution in [0.4, 0.5) is 8.78 Å². The Kier molecular flexibility index (Phi) is 2.88. The second-order valence-corrected chi connectivity index (χ2v) is 2.87. The third-order valence-corrected chi connectivity index (χ3v) is 2.06. The largest absolute Gasteiger partial charge is 0.311 e. The molecule has 1 rings (SSSR count). The summed E-state index contributed by atoms with van der Waals surface area (Å²) in [4.78, 5) is 0. The average molecular weight is 169 g/mol. The second kappa shape index (κ2) is 3.50. The Morgan fingerprint density at radius 2 is 1.90 bits per heavy atom. The van der Waals surface area contributed by atoms with E-state index in [9.17, 15) is 8.78 Å². The predicted octanol–water partition coefficient (Wildman–Crippen LogP) is 1.19. The first kappa shape index (κ1) is 8.23. The van der Waals surface area contributed by atoms with Gasteiger partial charge in [0.15, 0.2) is 0 Å². The molecule has 0 N–H and O–H groups in total. The zero-order chi connectivity index (χ0) is 7.56. The lowest BCUT2D eigenvalue weighted by Gasteiger charge is -2.28. The van der Waals surface area contributed by atoms with E-state index in [-0.39, 0.29) is 13.1 Å². The van der Waals surface area contributed by atoms with Gasteiger partial charge in [0.2, 0.25) is 12.7 Å². The standard InChI is InChI=1S/C5H9F2NOS/c1-10-8-2-4(6)9-5(7)3-8/h4-5H,2-3H2,1H3. The van der Waals surface area contributed by atoms with E-state index in [1.807, 2.05) is 0 Å². The maximum atomic E-state index is 12.4. The first-order chi connectivity index (χ1) is 4.72. The minimum Gasteiger partial charge on any atom is -0.311 e. The normalized spacial score (nSPS) is 36.3. The van der Waals surface area contributed by atoms with Crippen LogP contribution in [0.5, 0.6) is 0 Å². The van der Waals surface area contributed by atoms with Gasteiger partial charge in [-0.15, -0.1) is 0 Å². The van der Waals surface area contributed by atoms with Crippen molar-refractivity contribution in [1.29, 1.82) is 0 Å². The van der Waals surface area contributed by atoms with Crippen LogP contribution in [0.2, 0.25) is 0 Å². The second-order valence-electron chi connectivity index (χ2n) is 1.99. The lowest BCUT2D eigenvalue weighted by atomic mass is 10.5. The van der Waals surface area contributed by atoms with Crippen molar-refractivity contribution in [1.82, 2.24) is 4.31 Å². The number of halogens is 2. The van der Waals surface area contributed by atoms with E-state index in [1.165, 1.54) is 11.9 Å². The van der Waals surface area contributed by atoms with Crippen molar-refractivity contribution in [2.45, 2.75) is 12.7 Å². The van der Waals surface area contributed by atoms with Crippen LogP contribution in [-0.4, -0.2) is 36.4 Å². The van der Waals surface area contributed by atoms with Crippen LogP contribution in [-0.2, 0) is 4.74 Å². The molecular formula is C5H9F2NOS. The zero-order valence-electron chi connectivity index (χ0n) is 5.59. The third kappa shape index (κ3) is 2.07. The van der Waals surface area contributed by atoms with E-state index in [0.29, 0.717) is 0 Å². The molecule has 1 saturated heterocycles. The topological polar surface area (TPSA) is 12.5 Å². The zero-order valence-corrected chi connectivity index (χ0v) is 6.41. The van der Waals surface area contributed by atoms with Gasteiger partial charge >= 0.3 is 0 Å². The number of ether oxygens (including phenoxy) is 1. The van der Waals surface area contributed by atoms with Gasteiger partial charge in [-0.1, -0.05) is 11.9 Å². The Morgan fingerprint density at radius 1 is 1.40 bits per heavy atom. The van der Waals surface area contributed by atoms with Crippen LogP contribution in [0.1, 0.15) is 0 Å². The Bertz CT molecular complexity index is 106. The summed E-state index contributed by atoms with van der Waals surface area (Å²) in [5.74, 6) is 0. The molecule has 2 nitrogen and oxygen atoms in total.